The second kappa shape index (κ2) is 8.07. The molecule has 0 fully saturated rings. The van der Waals surface area contributed by atoms with Crippen LogP contribution in [0.5, 0.6) is 0 Å². The largest absolute Gasteiger partial charge is 0.352 e. The van der Waals surface area contributed by atoms with Gasteiger partial charge in [0.2, 0.25) is 5.95 Å². The van der Waals surface area contributed by atoms with Crippen molar-refractivity contribution >= 4 is 17.5 Å². The number of halogens is 4. The first-order valence-electron chi connectivity index (χ1n) is 8.27. The number of pyridine rings is 1. The maximum atomic E-state index is 13.8. The average Bonchev–Trinajstić information content (AvgIpc) is 2.66. The number of hydrogen-bond donors (Lipinski definition) is 3. The lowest BCUT2D eigenvalue weighted by Crippen LogP contribution is -2.17. The molecule has 10 heteroatoms. The maximum Gasteiger partial charge on any atom is 0.225 e. The van der Waals surface area contributed by atoms with Gasteiger partial charge in [-0.15, -0.1) is 0 Å². The van der Waals surface area contributed by atoms with Crippen LogP contribution >= 0.6 is 0 Å². The Morgan fingerprint density at radius 2 is 1.57 bits per heavy atom. The quantitative estimate of drug-likeness (QED) is 0.329. The molecule has 3 rings (SSSR count). The van der Waals surface area contributed by atoms with Crippen molar-refractivity contribution in [2.45, 2.75) is 19.9 Å². The van der Waals surface area contributed by atoms with E-state index in [-0.39, 0.29) is 23.9 Å². The van der Waals surface area contributed by atoms with Gasteiger partial charge in [-0.2, -0.15) is 4.98 Å². The molecule has 6 nitrogen and oxygen atoms in total. The Morgan fingerprint density at radius 3 is 2.18 bits per heavy atom. The van der Waals surface area contributed by atoms with E-state index in [1.165, 1.54) is 6.07 Å². The minimum atomic E-state index is -1.56. The van der Waals surface area contributed by atoms with Gasteiger partial charge in [0.15, 0.2) is 29.1 Å². The number of nitrogens with one attached hydrogen (secondary N) is 3. The summed E-state index contributed by atoms with van der Waals surface area (Å²) in [6.45, 7) is 3.75. The highest BCUT2D eigenvalue weighted by molar-refractivity contribution is 5.62. The molecule has 0 bridgehead atoms. The second-order valence-corrected chi connectivity index (χ2v) is 6.07. The molecule has 1 aromatic carbocycles. The van der Waals surface area contributed by atoms with Crippen LogP contribution < -0.4 is 16.2 Å². The van der Waals surface area contributed by atoms with Crippen molar-refractivity contribution in [1.29, 1.82) is 0 Å². The third-order valence-corrected chi connectivity index (χ3v) is 3.50. The summed E-state index contributed by atoms with van der Waals surface area (Å²) in [5.74, 6) is -5.85. The van der Waals surface area contributed by atoms with Gasteiger partial charge >= 0.3 is 0 Å². The Labute approximate surface area is 158 Å². The first-order valence-corrected chi connectivity index (χ1v) is 8.27. The highest BCUT2D eigenvalue weighted by atomic mass is 19.2. The lowest BCUT2D eigenvalue weighted by molar-refractivity contribution is 0.459. The van der Waals surface area contributed by atoms with Crippen LogP contribution in [0.3, 0.4) is 0 Å². The summed E-state index contributed by atoms with van der Waals surface area (Å²) in [5, 5.41) is 3.01. The Hall–Kier alpha value is -3.43. The molecule has 2 aromatic heterocycles. The molecule has 0 spiro atoms. The highest BCUT2D eigenvalue weighted by Crippen LogP contribution is 2.25. The summed E-state index contributed by atoms with van der Waals surface area (Å²) in [6, 6.07) is 6.83. The zero-order valence-electron chi connectivity index (χ0n) is 14.9. The summed E-state index contributed by atoms with van der Waals surface area (Å²) in [4.78, 5) is 12.7. The van der Waals surface area contributed by atoms with Gasteiger partial charge in [0.05, 0.1) is 11.4 Å². The molecule has 0 aliphatic carbocycles. The van der Waals surface area contributed by atoms with Crippen molar-refractivity contribution in [3.05, 3.63) is 59.8 Å². The standard InChI is InChI=1S/C18H16F4N6/c1-9(2)24-18-25-13(12-5-3-4-6-23-12)8-14(26-18)27-28-17-15(21)10(19)7-11(20)16(17)22/h3-9,28H,1-2H3,(H2,24,25,26,27). The Morgan fingerprint density at radius 1 is 0.857 bits per heavy atom. The molecule has 0 amide bonds. The number of benzene rings is 1. The van der Waals surface area contributed by atoms with Crippen LogP contribution in [0.15, 0.2) is 36.5 Å². The van der Waals surface area contributed by atoms with Gasteiger partial charge in [-0.05, 0) is 26.0 Å². The number of hydrogen-bond acceptors (Lipinski definition) is 6. The fourth-order valence-electron chi connectivity index (χ4n) is 2.29. The van der Waals surface area contributed by atoms with Gasteiger partial charge in [0.1, 0.15) is 5.69 Å². The van der Waals surface area contributed by atoms with Crippen LogP contribution in [0.4, 0.5) is 35.0 Å². The summed E-state index contributed by atoms with van der Waals surface area (Å²) in [5.41, 5.74) is 4.51. The number of rotatable bonds is 6. The van der Waals surface area contributed by atoms with Gasteiger partial charge in [-0.25, -0.2) is 22.5 Å². The molecule has 28 heavy (non-hydrogen) atoms. The zero-order valence-corrected chi connectivity index (χ0v) is 14.9. The van der Waals surface area contributed by atoms with E-state index in [2.05, 4.69) is 31.1 Å². The van der Waals surface area contributed by atoms with E-state index in [1.807, 2.05) is 13.8 Å². The van der Waals surface area contributed by atoms with Crippen molar-refractivity contribution in [3.63, 3.8) is 0 Å². The summed E-state index contributed by atoms with van der Waals surface area (Å²) in [6.07, 6.45) is 1.58. The van der Waals surface area contributed by atoms with Crippen LogP contribution in [-0.4, -0.2) is 21.0 Å². The summed E-state index contributed by atoms with van der Waals surface area (Å²) < 4.78 is 54.3. The summed E-state index contributed by atoms with van der Waals surface area (Å²) >= 11 is 0. The van der Waals surface area contributed by atoms with E-state index in [0.717, 1.165) is 0 Å². The topological polar surface area (TPSA) is 74.8 Å². The average molecular weight is 392 g/mol. The molecule has 0 atom stereocenters. The zero-order chi connectivity index (χ0) is 20.3. The first kappa shape index (κ1) is 19.3. The van der Waals surface area contributed by atoms with E-state index in [4.69, 9.17) is 0 Å². The van der Waals surface area contributed by atoms with Crippen molar-refractivity contribution in [3.8, 4) is 11.4 Å². The molecule has 3 N–H and O–H groups in total. The van der Waals surface area contributed by atoms with Crippen LogP contribution in [0.2, 0.25) is 0 Å². The molecule has 0 unspecified atom stereocenters. The van der Waals surface area contributed by atoms with Crippen molar-refractivity contribution in [2.24, 2.45) is 0 Å². The van der Waals surface area contributed by atoms with E-state index in [9.17, 15) is 17.6 Å². The van der Waals surface area contributed by atoms with Crippen molar-refractivity contribution in [1.82, 2.24) is 15.0 Å². The fourth-order valence-corrected chi connectivity index (χ4v) is 2.29. The van der Waals surface area contributed by atoms with Gasteiger partial charge in [-0.3, -0.25) is 15.8 Å². The van der Waals surface area contributed by atoms with Crippen LogP contribution in [0.25, 0.3) is 11.4 Å². The second-order valence-electron chi connectivity index (χ2n) is 6.07. The molecular weight excluding hydrogens is 376 g/mol. The molecule has 0 saturated carbocycles. The molecule has 0 aliphatic heterocycles. The van der Waals surface area contributed by atoms with E-state index >= 15 is 0 Å². The molecular formula is C18H16F4N6. The normalized spacial score (nSPS) is 10.8. The van der Waals surface area contributed by atoms with Crippen molar-refractivity contribution < 1.29 is 17.6 Å². The number of aromatic nitrogens is 3. The Kier molecular flexibility index (Phi) is 5.57. The van der Waals surface area contributed by atoms with Crippen LogP contribution in [0, 0.1) is 23.3 Å². The predicted octanol–water partition coefficient (Wildman–Crippen LogP) is 4.35. The lowest BCUT2D eigenvalue weighted by atomic mass is 10.2. The van der Waals surface area contributed by atoms with E-state index < -0.39 is 29.0 Å². The fraction of sp³-hybridized carbons (Fsp3) is 0.167. The van der Waals surface area contributed by atoms with Crippen molar-refractivity contribution in [2.75, 3.05) is 16.2 Å². The number of nitrogens with zero attached hydrogens (tertiary/aromatic N) is 3. The van der Waals surface area contributed by atoms with Gasteiger partial charge in [-0.1, -0.05) is 6.07 Å². The van der Waals surface area contributed by atoms with E-state index in [1.54, 1.807) is 24.4 Å². The Bertz CT molecular complexity index is 955. The monoisotopic (exact) mass is 392 g/mol. The third-order valence-electron chi connectivity index (χ3n) is 3.50. The van der Waals surface area contributed by atoms with Gasteiger partial charge in [0.25, 0.3) is 0 Å². The third kappa shape index (κ3) is 4.27. The SMILES string of the molecule is CC(C)Nc1nc(NNc2c(F)c(F)cc(F)c2F)cc(-c2ccccn2)n1. The maximum absolute atomic E-state index is 13.8. The highest BCUT2D eigenvalue weighted by Gasteiger charge is 2.19. The lowest BCUT2D eigenvalue weighted by Gasteiger charge is -2.15. The first-order chi connectivity index (χ1) is 13.3. The summed E-state index contributed by atoms with van der Waals surface area (Å²) in [7, 11) is 0. The van der Waals surface area contributed by atoms with E-state index in [0.29, 0.717) is 11.4 Å². The number of hydrazine groups is 1. The molecule has 3 aromatic rings. The number of anilines is 3. The predicted molar refractivity (Wildman–Crippen MR) is 97.5 cm³/mol. The van der Waals surface area contributed by atoms with Gasteiger partial charge < -0.3 is 5.32 Å². The minimum Gasteiger partial charge on any atom is -0.352 e. The van der Waals surface area contributed by atoms with Crippen LogP contribution in [-0.2, 0) is 0 Å². The molecule has 0 aliphatic rings. The molecule has 2 heterocycles. The molecule has 0 radical (unpaired) electrons. The van der Waals surface area contributed by atoms with Gasteiger partial charge in [0, 0.05) is 24.4 Å². The molecule has 0 saturated heterocycles. The smallest absolute Gasteiger partial charge is 0.225 e. The Balaban J connectivity index is 1.94. The molecule has 146 valence electrons. The minimum absolute atomic E-state index is 0.00648. The van der Waals surface area contributed by atoms with Crippen LogP contribution in [0.1, 0.15) is 13.8 Å².